The number of nitrogens with one attached hydrogen (secondary N) is 1. The number of ether oxygens (including phenoxy) is 1. The molecular weight excluding hydrogens is 218 g/mol. The molecule has 0 bridgehead atoms. The number of carbonyl (C=O) groups excluding carboxylic acids is 1. The highest BCUT2D eigenvalue weighted by atomic mass is 16.6. The molecule has 2 heterocycles. The fourth-order valence-corrected chi connectivity index (χ4v) is 2.50. The molecule has 3 atom stereocenters. The summed E-state index contributed by atoms with van der Waals surface area (Å²) in [5.41, 5.74) is -0.461. The maximum absolute atomic E-state index is 11.9. The first-order valence-corrected chi connectivity index (χ1v) is 6.01. The van der Waals surface area contributed by atoms with E-state index in [9.17, 15) is 4.79 Å². The summed E-state index contributed by atoms with van der Waals surface area (Å²) in [6.45, 7) is 7.60. The number of nitriles is 1. The number of rotatable bonds is 0. The summed E-state index contributed by atoms with van der Waals surface area (Å²) < 4.78 is 5.33. The van der Waals surface area contributed by atoms with Crippen LogP contribution in [0.5, 0.6) is 0 Å². The molecule has 94 valence electrons. The zero-order valence-electron chi connectivity index (χ0n) is 10.6. The molecule has 2 rings (SSSR count). The molecule has 0 aromatic carbocycles. The zero-order chi connectivity index (χ0) is 12.6. The molecule has 3 unspecified atom stereocenters. The van der Waals surface area contributed by atoms with Crippen molar-refractivity contribution in [2.24, 2.45) is 11.8 Å². The Morgan fingerprint density at radius 1 is 1.47 bits per heavy atom. The topological polar surface area (TPSA) is 65.4 Å². The molecule has 0 aromatic rings. The number of likely N-dealkylation sites (tertiary alicyclic amines) is 1. The molecule has 0 saturated carbocycles. The first kappa shape index (κ1) is 12.2. The van der Waals surface area contributed by atoms with Gasteiger partial charge in [0, 0.05) is 31.6 Å². The lowest BCUT2D eigenvalue weighted by Crippen LogP contribution is -2.38. The Hall–Kier alpha value is -1.28. The van der Waals surface area contributed by atoms with Crippen molar-refractivity contribution in [3.05, 3.63) is 0 Å². The Bertz CT molecular complexity index is 356. The minimum atomic E-state index is -0.461. The van der Waals surface area contributed by atoms with Crippen LogP contribution in [0.15, 0.2) is 0 Å². The smallest absolute Gasteiger partial charge is 0.410 e. The van der Waals surface area contributed by atoms with Gasteiger partial charge in [-0.05, 0) is 20.8 Å². The van der Waals surface area contributed by atoms with Gasteiger partial charge in [-0.2, -0.15) is 5.26 Å². The van der Waals surface area contributed by atoms with Gasteiger partial charge < -0.3 is 15.0 Å². The van der Waals surface area contributed by atoms with Crippen LogP contribution < -0.4 is 5.32 Å². The fraction of sp³-hybridized carbons (Fsp3) is 0.833. The Morgan fingerprint density at radius 3 is 2.76 bits per heavy atom. The largest absolute Gasteiger partial charge is 0.444 e. The Labute approximate surface area is 102 Å². The highest BCUT2D eigenvalue weighted by Gasteiger charge is 2.44. The highest BCUT2D eigenvalue weighted by molar-refractivity contribution is 5.68. The first-order valence-electron chi connectivity index (χ1n) is 6.01. The van der Waals surface area contributed by atoms with E-state index >= 15 is 0 Å². The van der Waals surface area contributed by atoms with E-state index in [0.717, 1.165) is 6.54 Å². The van der Waals surface area contributed by atoms with Gasteiger partial charge in [0.1, 0.15) is 5.60 Å². The van der Waals surface area contributed by atoms with E-state index in [-0.39, 0.29) is 24.0 Å². The van der Waals surface area contributed by atoms with Gasteiger partial charge >= 0.3 is 6.09 Å². The minimum absolute atomic E-state index is 0.0208. The van der Waals surface area contributed by atoms with E-state index in [2.05, 4.69) is 11.4 Å². The van der Waals surface area contributed by atoms with Crippen LogP contribution in [0, 0.1) is 23.2 Å². The van der Waals surface area contributed by atoms with Crippen molar-refractivity contribution in [1.29, 1.82) is 5.26 Å². The predicted octanol–water partition coefficient (Wildman–Crippen LogP) is 0.965. The monoisotopic (exact) mass is 237 g/mol. The van der Waals surface area contributed by atoms with Crippen molar-refractivity contribution in [2.45, 2.75) is 32.4 Å². The quantitative estimate of drug-likeness (QED) is 0.681. The van der Waals surface area contributed by atoms with E-state index in [4.69, 9.17) is 10.00 Å². The average Bonchev–Trinajstić information content (AvgIpc) is 2.72. The number of amides is 1. The van der Waals surface area contributed by atoms with Gasteiger partial charge in [0.2, 0.25) is 0 Å². The second-order valence-electron chi connectivity index (χ2n) is 5.80. The zero-order valence-corrected chi connectivity index (χ0v) is 10.6. The summed E-state index contributed by atoms with van der Waals surface area (Å²) in [6.07, 6.45) is -0.273. The number of hydrogen-bond donors (Lipinski definition) is 1. The average molecular weight is 237 g/mol. The normalized spacial score (nSPS) is 32.1. The first-order chi connectivity index (χ1) is 7.90. The molecule has 1 amide bonds. The lowest BCUT2D eigenvalue weighted by atomic mass is 9.95. The van der Waals surface area contributed by atoms with E-state index in [1.807, 2.05) is 20.8 Å². The molecule has 2 aliphatic rings. The minimum Gasteiger partial charge on any atom is -0.444 e. The lowest BCUT2D eigenvalue weighted by molar-refractivity contribution is 0.0280. The van der Waals surface area contributed by atoms with Crippen molar-refractivity contribution in [3.8, 4) is 6.07 Å². The van der Waals surface area contributed by atoms with Gasteiger partial charge in [-0.15, -0.1) is 0 Å². The van der Waals surface area contributed by atoms with E-state index in [1.54, 1.807) is 4.90 Å². The third-order valence-electron chi connectivity index (χ3n) is 3.30. The van der Waals surface area contributed by atoms with Crippen LogP contribution in [-0.4, -0.2) is 42.3 Å². The van der Waals surface area contributed by atoms with Crippen molar-refractivity contribution in [3.63, 3.8) is 0 Å². The molecule has 5 heteroatoms. The second kappa shape index (κ2) is 4.19. The summed E-state index contributed by atoms with van der Waals surface area (Å²) in [5.74, 6) is 0.278. The number of carbonyl (C=O) groups is 1. The van der Waals surface area contributed by atoms with E-state index in [0.29, 0.717) is 13.1 Å². The van der Waals surface area contributed by atoms with Crippen LogP contribution in [0.4, 0.5) is 4.79 Å². The summed E-state index contributed by atoms with van der Waals surface area (Å²) in [5, 5.41) is 12.3. The van der Waals surface area contributed by atoms with Gasteiger partial charge in [-0.1, -0.05) is 0 Å². The van der Waals surface area contributed by atoms with Gasteiger partial charge in [0.25, 0.3) is 0 Å². The Morgan fingerprint density at radius 2 is 2.18 bits per heavy atom. The number of fused-ring (bicyclic) bond motifs is 1. The fourth-order valence-electron chi connectivity index (χ4n) is 2.50. The predicted molar refractivity (Wildman–Crippen MR) is 62.2 cm³/mol. The van der Waals surface area contributed by atoms with Crippen LogP contribution in [0.3, 0.4) is 0 Å². The molecule has 0 aromatic heterocycles. The standard InChI is InChI=1S/C12H19N3O2/c1-12(2,3)17-11(16)15-6-9-8(4-13)5-14-10(9)7-15/h8-10,14H,5-7H2,1-3H3. The lowest BCUT2D eigenvalue weighted by Gasteiger charge is -2.25. The Kier molecular flexibility index (Phi) is 3.00. The summed E-state index contributed by atoms with van der Waals surface area (Å²) in [4.78, 5) is 13.6. The van der Waals surface area contributed by atoms with Crippen LogP contribution in [0.2, 0.25) is 0 Å². The third kappa shape index (κ3) is 2.52. The number of hydrogen-bond acceptors (Lipinski definition) is 4. The Balaban J connectivity index is 1.95. The molecule has 2 aliphatic heterocycles. The van der Waals surface area contributed by atoms with E-state index < -0.39 is 5.60 Å². The van der Waals surface area contributed by atoms with Crippen molar-refractivity contribution in [1.82, 2.24) is 10.2 Å². The van der Waals surface area contributed by atoms with Crippen molar-refractivity contribution in [2.75, 3.05) is 19.6 Å². The second-order valence-corrected chi connectivity index (χ2v) is 5.80. The highest BCUT2D eigenvalue weighted by Crippen LogP contribution is 2.30. The SMILES string of the molecule is CC(C)(C)OC(=O)N1CC2NCC(C#N)C2C1. The van der Waals surface area contributed by atoms with E-state index in [1.165, 1.54) is 0 Å². The van der Waals surface area contributed by atoms with Gasteiger partial charge in [0.05, 0.1) is 12.0 Å². The molecule has 1 N–H and O–H groups in total. The van der Waals surface area contributed by atoms with Crippen molar-refractivity contribution >= 4 is 6.09 Å². The van der Waals surface area contributed by atoms with Gasteiger partial charge in [-0.3, -0.25) is 0 Å². The van der Waals surface area contributed by atoms with Crippen molar-refractivity contribution < 1.29 is 9.53 Å². The van der Waals surface area contributed by atoms with Crippen LogP contribution in [0.25, 0.3) is 0 Å². The maximum atomic E-state index is 11.9. The molecular formula is C12H19N3O2. The molecule has 2 saturated heterocycles. The molecule has 0 spiro atoms. The molecule has 5 nitrogen and oxygen atoms in total. The van der Waals surface area contributed by atoms with Gasteiger partial charge in [0.15, 0.2) is 0 Å². The maximum Gasteiger partial charge on any atom is 0.410 e. The molecule has 2 fully saturated rings. The number of nitrogens with zero attached hydrogens (tertiary/aromatic N) is 2. The van der Waals surface area contributed by atoms with Crippen LogP contribution >= 0.6 is 0 Å². The molecule has 0 aliphatic carbocycles. The summed E-state index contributed by atoms with van der Waals surface area (Å²) in [7, 11) is 0. The summed E-state index contributed by atoms with van der Waals surface area (Å²) in [6, 6.07) is 2.56. The molecule has 0 radical (unpaired) electrons. The van der Waals surface area contributed by atoms with Gasteiger partial charge in [-0.25, -0.2) is 4.79 Å². The van der Waals surface area contributed by atoms with Crippen LogP contribution in [0.1, 0.15) is 20.8 Å². The molecule has 17 heavy (non-hydrogen) atoms. The summed E-state index contributed by atoms with van der Waals surface area (Å²) >= 11 is 0. The van der Waals surface area contributed by atoms with Crippen LogP contribution in [-0.2, 0) is 4.74 Å². The third-order valence-corrected chi connectivity index (χ3v) is 3.30.